The molecule has 160 valence electrons. The SMILES string of the molecule is CCCCCCC(C)(C)c1ccc([C@@H]2C[C@H](O)CC[C@H]2CCCOC)c(O)c1. The first-order valence-electron chi connectivity index (χ1n) is 11.4. The molecule has 0 amide bonds. The van der Waals surface area contributed by atoms with Gasteiger partial charge in [-0.15, -0.1) is 0 Å². The number of unbranched alkanes of at least 4 members (excludes halogenated alkanes) is 3. The Balaban J connectivity index is 2.11. The summed E-state index contributed by atoms with van der Waals surface area (Å²) < 4.78 is 5.22. The molecule has 1 fully saturated rings. The highest BCUT2D eigenvalue weighted by molar-refractivity contribution is 5.42. The van der Waals surface area contributed by atoms with Crippen molar-refractivity contribution in [2.45, 2.75) is 102 Å². The number of methoxy groups -OCH3 is 1. The van der Waals surface area contributed by atoms with Crippen LogP contribution in [0.1, 0.15) is 102 Å². The molecule has 1 aliphatic rings. The number of aliphatic hydroxyl groups excluding tert-OH is 1. The Morgan fingerprint density at radius 3 is 2.57 bits per heavy atom. The summed E-state index contributed by atoms with van der Waals surface area (Å²) in [5.41, 5.74) is 2.32. The van der Waals surface area contributed by atoms with E-state index >= 15 is 0 Å². The second kappa shape index (κ2) is 11.2. The lowest BCUT2D eigenvalue weighted by Crippen LogP contribution is -2.27. The summed E-state index contributed by atoms with van der Waals surface area (Å²) in [7, 11) is 1.75. The van der Waals surface area contributed by atoms with E-state index in [-0.39, 0.29) is 17.4 Å². The fourth-order valence-corrected chi connectivity index (χ4v) is 4.84. The summed E-state index contributed by atoms with van der Waals surface area (Å²) in [6.45, 7) is 7.59. The molecule has 1 saturated carbocycles. The summed E-state index contributed by atoms with van der Waals surface area (Å²) in [5, 5.41) is 21.1. The minimum atomic E-state index is -0.252. The largest absolute Gasteiger partial charge is 0.508 e. The zero-order valence-electron chi connectivity index (χ0n) is 18.5. The minimum absolute atomic E-state index is 0.0771. The molecular formula is C25H42O3. The van der Waals surface area contributed by atoms with Gasteiger partial charge in [-0.1, -0.05) is 58.6 Å². The molecular weight excluding hydrogens is 348 g/mol. The number of ether oxygens (including phenoxy) is 1. The van der Waals surface area contributed by atoms with Crippen LogP contribution in [0, 0.1) is 5.92 Å². The van der Waals surface area contributed by atoms with Gasteiger partial charge in [-0.05, 0) is 73.0 Å². The summed E-state index contributed by atoms with van der Waals surface area (Å²) in [4.78, 5) is 0. The molecule has 3 nitrogen and oxygen atoms in total. The fourth-order valence-electron chi connectivity index (χ4n) is 4.84. The van der Waals surface area contributed by atoms with Crippen LogP contribution in [-0.2, 0) is 10.2 Å². The highest BCUT2D eigenvalue weighted by atomic mass is 16.5. The van der Waals surface area contributed by atoms with Gasteiger partial charge in [0, 0.05) is 13.7 Å². The average Bonchev–Trinajstić information content (AvgIpc) is 2.66. The lowest BCUT2D eigenvalue weighted by Gasteiger charge is -2.35. The second-order valence-electron chi connectivity index (χ2n) is 9.44. The molecule has 28 heavy (non-hydrogen) atoms. The third-order valence-electron chi connectivity index (χ3n) is 6.76. The molecule has 3 heteroatoms. The molecule has 0 aromatic heterocycles. The van der Waals surface area contributed by atoms with Gasteiger partial charge in [-0.3, -0.25) is 0 Å². The third-order valence-corrected chi connectivity index (χ3v) is 6.76. The van der Waals surface area contributed by atoms with Crippen LogP contribution in [0.3, 0.4) is 0 Å². The molecule has 0 unspecified atom stereocenters. The highest BCUT2D eigenvalue weighted by Gasteiger charge is 2.32. The van der Waals surface area contributed by atoms with Crippen molar-refractivity contribution in [2.75, 3.05) is 13.7 Å². The molecule has 2 rings (SSSR count). The number of phenols is 1. The van der Waals surface area contributed by atoms with Crippen molar-refractivity contribution >= 4 is 0 Å². The molecule has 2 N–H and O–H groups in total. The molecule has 0 heterocycles. The Bertz CT molecular complexity index is 581. The lowest BCUT2D eigenvalue weighted by atomic mass is 9.71. The average molecular weight is 391 g/mol. The van der Waals surface area contributed by atoms with E-state index in [0.29, 0.717) is 11.7 Å². The fraction of sp³-hybridized carbons (Fsp3) is 0.760. The quantitative estimate of drug-likeness (QED) is 0.435. The van der Waals surface area contributed by atoms with E-state index in [2.05, 4.69) is 32.9 Å². The maximum Gasteiger partial charge on any atom is 0.119 e. The maximum absolute atomic E-state index is 10.9. The van der Waals surface area contributed by atoms with Gasteiger partial charge in [0.1, 0.15) is 5.75 Å². The Hall–Kier alpha value is -1.06. The molecule has 1 aromatic rings. The van der Waals surface area contributed by atoms with E-state index in [0.717, 1.165) is 50.7 Å². The maximum atomic E-state index is 10.9. The number of hydrogen-bond donors (Lipinski definition) is 2. The summed E-state index contributed by atoms with van der Waals surface area (Å²) in [5.74, 6) is 1.16. The molecule has 0 radical (unpaired) electrons. The number of benzene rings is 1. The molecule has 1 aliphatic carbocycles. The summed E-state index contributed by atoms with van der Waals surface area (Å²) in [6.07, 6.45) is 10.8. The first kappa shape index (κ1) is 23.2. The highest BCUT2D eigenvalue weighted by Crippen LogP contribution is 2.44. The van der Waals surface area contributed by atoms with Gasteiger partial charge in [-0.2, -0.15) is 0 Å². The predicted octanol–water partition coefficient (Wildman–Crippen LogP) is 6.31. The zero-order valence-corrected chi connectivity index (χ0v) is 18.5. The van der Waals surface area contributed by atoms with E-state index in [4.69, 9.17) is 4.74 Å². The first-order valence-corrected chi connectivity index (χ1v) is 11.4. The van der Waals surface area contributed by atoms with Crippen LogP contribution in [0.2, 0.25) is 0 Å². The van der Waals surface area contributed by atoms with E-state index in [9.17, 15) is 10.2 Å². The van der Waals surface area contributed by atoms with Crippen molar-refractivity contribution in [1.29, 1.82) is 0 Å². The van der Waals surface area contributed by atoms with Crippen LogP contribution in [0.4, 0.5) is 0 Å². The van der Waals surface area contributed by atoms with E-state index in [1.807, 2.05) is 6.07 Å². The Labute approximate surface area is 172 Å². The van der Waals surface area contributed by atoms with Gasteiger partial charge in [-0.25, -0.2) is 0 Å². The van der Waals surface area contributed by atoms with Crippen molar-refractivity contribution in [2.24, 2.45) is 5.92 Å². The molecule has 3 atom stereocenters. The predicted molar refractivity (Wildman–Crippen MR) is 117 cm³/mol. The lowest BCUT2D eigenvalue weighted by molar-refractivity contribution is 0.0861. The molecule has 0 aliphatic heterocycles. The molecule has 0 bridgehead atoms. The molecule has 0 saturated heterocycles. The number of aliphatic hydroxyl groups is 1. The Morgan fingerprint density at radius 1 is 1.11 bits per heavy atom. The van der Waals surface area contributed by atoms with Crippen molar-refractivity contribution in [3.8, 4) is 5.75 Å². The van der Waals surface area contributed by atoms with Crippen LogP contribution >= 0.6 is 0 Å². The van der Waals surface area contributed by atoms with E-state index in [1.165, 1.54) is 31.2 Å². The van der Waals surface area contributed by atoms with Gasteiger partial charge in [0.2, 0.25) is 0 Å². The smallest absolute Gasteiger partial charge is 0.119 e. The number of aromatic hydroxyl groups is 1. The van der Waals surface area contributed by atoms with Crippen LogP contribution in [0.5, 0.6) is 5.75 Å². The number of rotatable bonds is 11. The van der Waals surface area contributed by atoms with E-state index < -0.39 is 0 Å². The topological polar surface area (TPSA) is 49.7 Å². The van der Waals surface area contributed by atoms with Crippen LogP contribution in [0.15, 0.2) is 18.2 Å². The van der Waals surface area contributed by atoms with Gasteiger partial charge < -0.3 is 14.9 Å². The third kappa shape index (κ3) is 6.49. The standard InChI is InChI=1S/C25H42O3/c1-5-6-7-8-15-25(2,3)20-12-14-22(24(27)17-20)23-18-21(26)13-11-19(23)10-9-16-28-4/h12,14,17,19,21,23,26-27H,5-11,13,15-16,18H2,1-4H3/t19-,21-,23-/m1/s1. The van der Waals surface area contributed by atoms with Gasteiger partial charge in [0.25, 0.3) is 0 Å². The zero-order chi connectivity index (χ0) is 20.6. The Morgan fingerprint density at radius 2 is 1.89 bits per heavy atom. The van der Waals surface area contributed by atoms with Crippen molar-refractivity contribution in [3.05, 3.63) is 29.3 Å². The Kier molecular flexibility index (Phi) is 9.30. The van der Waals surface area contributed by atoms with Crippen molar-refractivity contribution in [1.82, 2.24) is 0 Å². The van der Waals surface area contributed by atoms with Gasteiger partial charge in [0.05, 0.1) is 6.10 Å². The van der Waals surface area contributed by atoms with Crippen molar-refractivity contribution in [3.63, 3.8) is 0 Å². The number of hydrogen-bond acceptors (Lipinski definition) is 3. The van der Waals surface area contributed by atoms with Crippen molar-refractivity contribution < 1.29 is 14.9 Å². The first-order chi connectivity index (χ1) is 13.4. The monoisotopic (exact) mass is 390 g/mol. The summed E-state index contributed by atoms with van der Waals surface area (Å²) in [6, 6.07) is 6.33. The second-order valence-corrected chi connectivity index (χ2v) is 9.44. The van der Waals surface area contributed by atoms with E-state index in [1.54, 1.807) is 7.11 Å². The summed E-state index contributed by atoms with van der Waals surface area (Å²) >= 11 is 0. The van der Waals surface area contributed by atoms with Crippen LogP contribution in [-0.4, -0.2) is 30.0 Å². The molecule has 1 aromatic carbocycles. The minimum Gasteiger partial charge on any atom is -0.508 e. The van der Waals surface area contributed by atoms with Crippen LogP contribution < -0.4 is 0 Å². The normalized spacial score (nSPS) is 23.1. The van der Waals surface area contributed by atoms with Gasteiger partial charge >= 0.3 is 0 Å². The molecule has 0 spiro atoms. The van der Waals surface area contributed by atoms with Crippen LogP contribution in [0.25, 0.3) is 0 Å². The van der Waals surface area contributed by atoms with Gasteiger partial charge in [0.15, 0.2) is 0 Å². The number of phenolic OH excluding ortho intramolecular Hbond substituents is 1.